The fourth-order valence-corrected chi connectivity index (χ4v) is 4.56. The fraction of sp³-hybridized carbons (Fsp3) is 0.429. The van der Waals surface area contributed by atoms with Crippen molar-refractivity contribution in [2.45, 2.75) is 76.9 Å². The minimum absolute atomic E-state index is 0.0738. The number of rotatable bonds is 6. The molecular formula is C28H33F3N4O2. The molecule has 0 aliphatic carbocycles. The second kappa shape index (κ2) is 10.2. The smallest absolute Gasteiger partial charge is 0.416 e. The molecule has 0 spiro atoms. The van der Waals surface area contributed by atoms with Crippen LogP contribution in [0.4, 0.5) is 18.9 Å². The molecule has 3 atom stereocenters. The molecule has 37 heavy (non-hydrogen) atoms. The third-order valence-corrected chi connectivity index (χ3v) is 6.35. The van der Waals surface area contributed by atoms with E-state index in [4.69, 9.17) is 9.84 Å². The quantitative estimate of drug-likeness (QED) is 0.407. The van der Waals surface area contributed by atoms with E-state index in [0.29, 0.717) is 23.4 Å². The topological polar surface area (TPSA) is 68.2 Å². The molecule has 1 amide bonds. The Hall–Kier alpha value is -3.33. The highest BCUT2D eigenvalue weighted by atomic mass is 19.4. The van der Waals surface area contributed by atoms with Gasteiger partial charge in [-0.3, -0.25) is 14.8 Å². The van der Waals surface area contributed by atoms with E-state index in [1.165, 1.54) is 6.07 Å². The molecule has 0 saturated carbocycles. The van der Waals surface area contributed by atoms with Crippen molar-refractivity contribution in [3.63, 3.8) is 0 Å². The number of para-hydroxylation sites is 2. The zero-order chi connectivity index (χ0) is 27.0. The van der Waals surface area contributed by atoms with Crippen LogP contribution in [0.1, 0.15) is 69.8 Å². The van der Waals surface area contributed by atoms with Crippen LogP contribution in [-0.2, 0) is 16.5 Å². The zero-order valence-electron chi connectivity index (χ0n) is 21.6. The molecule has 198 valence electrons. The summed E-state index contributed by atoms with van der Waals surface area (Å²) in [6, 6.07) is 13.1. The van der Waals surface area contributed by atoms with Gasteiger partial charge in [0.25, 0.3) is 0 Å². The van der Waals surface area contributed by atoms with Gasteiger partial charge >= 0.3 is 6.18 Å². The number of benzene rings is 2. The maximum Gasteiger partial charge on any atom is 0.416 e. The van der Waals surface area contributed by atoms with Gasteiger partial charge < -0.3 is 10.1 Å². The van der Waals surface area contributed by atoms with Crippen LogP contribution in [0.5, 0.6) is 5.75 Å². The summed E-state index contributed by atoms with van der Waals surface area (Å²) in [6.45, 7) is 9.87. The number of alkyl halides is 3. The lowest BCUT2D eigenvalue weighted by Gasteiger charge is -2.21. The largest absolute Gasteiger partial charge is 0.489 e. The summed E-state index contributed by atoms with van der Waals surface area (Å²) in [5.74, 6) is -0.0294. The van der Waals surface area contributed by atoms with E-state index in [-0.39, 0.29) is 23.5 Å². The maximum atomic E-state index is 13.5. The minimum atomic E-state index is -4.46. The van der Waals surface area contributed by atoms with Gasteiger partial charge in [0.2, 0.25) is 5.91 Å². The number of hydrogen-bond donors (Lipinski definition) is 2. The van der Waals surface area contributed by atoms with Crippen molar-refractivity contribution in [3.8, 4) is 5.75 Å². The second-order valence-electron chi connectivity index (χ2n) is 10.7. The number of amides is 1. The molecule has 1 aromatic heterocycles. The van der Waals surface area contributed by atoms with Crippen LogP contribution in [0.3, 0.4) is 0 Å². The maximum absolute atomic E-state index is 13.5. The van der Waals surface area contributed by atoms with Crippen LogP contribution in [0.15, 0.2) is 60.8 Å². The molecule has 3 aromatic rings. The molecule has 2 heterocycles. The number of anilines is 1. The number of carbonyl (C=O) groups is 1. The van der Waals surface area contributed by atoms with Crippen LogP contribution in [0, 0.1) is 0 Å². The minimum Gasteiger partial charge on any atom is -0.489 e. The van der Waals surface area contributed by atoms with Crippen LogP contribution in [0.25, 0.3) is 0 Å². The summed E-state index contributed by atoms with van der Waals surface area (Å²) < 4.78 is 48.1. The Labute approximate surface area is 215 Å². The van der Waals surface area contributed by atoms with Gasteiger partial charge in [-0.2, -0.15) is 18.3 Å². The molecule has 6 nitrogen and oxygen atoms in total. The first-order valence-electron chi connectivity index (χ1n) is 12.4. The van der Waals surface area contributed by atoms with Crippen molar-refractivity contribution in [1.82, 2.24) is 15.1 Å². The molecule has 2 N–H and O–H groups in total. The highest BCUT2D eigenvalue weighted by molar-refractivity contribution is 5.96. The lowest BCUT2D eigenvalue weighted by molar-refractivity contribution is -0.137. The van der Waals surface area contributed by atoms with Gasteiger partial charge in [0, 0.05) is 18.2 Å². The van der Waals surface area contributed by atoms with E-state index in [9.17, 15) is 18.0 Å². The third-order valence-electron chi connectivity index (χ3n) is 6.35. The van der Waals surface area contributed by atoms with Crippen molar-refractivity contribution < 1.29 is 22.7 Å². The number of ether oxygens (including phenoxy) is 1. The second-order valence-corrected chi connectivity index (χ2v) is 10.7. The summed E-state index contributed by atoms with van der Waals surface area (Å²) in [6.07, 6.45) is -2.29. The van der Waals surface area contributed by atoms with E-state index in [2.05, 4.69) is 10.6 Å². The van der Waals surface area contributed by atoms with Crippen LogP contribution < -0.4 is 15.4 Å². The summed E-state index contributed by atoms with van der Waals surface area (Å²) in [7, 11) is 0. The first-order valence-corrected chi connectivity index (χ1v) is 12.4. The van der Waals surface area contributed by atoms with E-state index < -0.39 is 23.8 Å². The van der Waals surface area contributed by atoms with Crippen molar-refractivity contribution in [2.75, 3.05) is 5.32 Å². The number of halogens is 3. The standard InChI is InChI=1S/C28H33F3N4O2/c1-17(2)37-24-12-7-6-11-22(24)33-26(36)23-16-20(21-13-14-35(34-21)27(3,4)5)25(32-23)18-9-8-10-19(15-18)28(29,30)31/h6-15,17,20,23,25,32H,16H2,1-5H3,(H,33,36)/t20?,23-,25-/m0/s1. The SMILES string of the molecule is CC(C)Oc1ccccc1NC(=O)[C@@H]1CC(c2ccn(C(C)(C)C)n2)[C@H](c2cccc(C(F)(F)F)c2)N1. The Bertz CT molecular complexity index is 1250. The van der Waals surface area contributed by atoms with E-state index in [0.717, 1.165) is 17.8 Å². The first kappa shape index (κ1) is 26.7. The fourth-order valence-electron chi connectivity index (χ4n) is 4.56. The molecule has 1 unspecified atom stereocenters. The summed E-state index contributed by atoms with van der Waals surface area (Å²) in [5, 5.41) is 11.0. The van der Waals surface area contributed by atoms with E-state index in [1.54, 1.807) is 24.3 Å². The Balaban J connectivity index is 1.64. The molecule has 9 heteroatoms. The highest BCUT2D eigenvalue weighted by Gasteiger charge is 2.41. The van der Waals surface area contributed by atoms with Gasteiger partial charge in [0.05, 0.1) is 34.6 Å². The highest BCUT2D eigenvalue weighted by Crippen LogP contribution is 2.42. The van der Waals surface area contributed by atoms with Gasteiger partial charge in [-0.25, -0.2) is 0 Å². The Morgan fingerprint density at radius 3 is 2.49 bits per heavy atom. The predicted octanol–water partition coefficient (Wildman–Crippen LogP) is 6.27. The van der Waals surface area contributed by atoms with Crippen molar-refractivity contribution in [1.29, 1.82) is 0 Å². The van der Waals surface area contributed by atoms with Crippen molar-refractivity contribution in [3.05, 3.63) is 77.6 Å². The molecule has 1 aliphatic heterocycles. The Morgan fingerprint density at radius 2 is 1.84 bits per heavy atom. The van der Waals surface area contributed by atoms with Crippen LogP contribution in [0.2, 0.25) is 0 Å². The average molecular weight is 515 g/mol. The van der Waals surface area contributed by atoms with Crippen LogP contribution >= 0.6 is 0 Å². The molecule has 0 bridgehead atoms. The normalized spacial score (nSPS) is 20.3. The third kappa shape index (κ3) is 6.15. The number of aromatic nitrogens is 2. The van der Waals surface area contributed by atoms with E-state index in [1.807, 2.05) is 57.6 Å². The summed E-state index contributed by atoms with van der Waals surface area (Å²) >= 11 is 0. The molecular weight excluding hydrogens is 481 g/mol. The Kier molecular flexibility index (Phi) is 7.37. The van der Waals surface area contributed by atoms with Gasteiger partial charge in [-0.15, -0.1) is 0 Å². The average Bonchev–Trinajstić information content (AvgIpc) is 3.47. The summed E-state index contributed by atoms with van der Waals surface area (Å²) in [4.78, 5) is 13.4. The van der Waals surface area contributed by atoms with Crippen LogP contribution in [-0.4, -0.2) is 27.8 Å². The molecule has 1 saturated heterocycles. The van der Waals surface area contributed by atoms with Gasteiger partial charge in [0.15, 0.2) is 0 Å². The van der Waals surface area contributed by atoms with Crippen molar-refractivity contribution >= 4 is 11.6 Å². The van der Waals surface area contributed by atoms with E-state index >= 15 is 0 Å². The molecule has 0 radical (unpaired) electrons. The number of hydrogen-bond acceptors (Lipinski definition) is 4. The number of nitrogens with one attached hydrogen (secondary N) is 2. The lowest BCUT2D eigenvalue weighted by atomic mass is 9.90. The van der Waals surface area contributed by atoms with Gasteiger partial charge in [0.1, 0.15) is 5.75 Å². The van der Waals surface area contributed by atoms with Gasteiger partial charge in [-0.1, -0.05) is 24.3 Å². The van der Waals surface area contributed by atoms with Gasteiger partial charge in [-0.05, 0) is 76.9 Å². The molecule has 4 rings (SSSR count). The molecule has 2 aromatic carbocycles. The monoisotopic (exact) mass is 514 g/mol. The lowest BCUT2D eigenvalue weighted by Crippen LogP contribution is -2.36. The number of carbonyl (C=O) groups excluding carboxylic acids is 1. The number of nitrogens with zero attached hydrogens (tertiary/aromatic N) is 2. The van der Waals surface area contributed by atoms with Crippen molar-refractivity contribution in [2.24, 2.45) is 0 Å². The predicted molar refractivity (Wildman–Crippen MR) is 137 cm³/mol. The first-order chi connectivity index (χ1) is 17.3. The summed E-state index contributed by atoms with van der Waals surface area (Å²) in [5.41, 5.74) is 0.748. The Morgan fingerprint density at radius 1 is 1.11 bits per heavy atom. The molecule has 1 fully saturated rings. The molecule has 1 aliphatic rings. The zero-order valence-corrected chi connectivity index (χ0v) is 21.6.